The summed E-state index contributed by atoms with van der Waals surface area (Å²) < 4.78 is 11.0. The smallest absolute Gasteiger partial charge is 0.274 e. The van der Waals surface area contributed by atoms with E-state index in [-0.39, 0.29) is 10.6 Å². The van der Waals surface area contributed by atoms with Crippen molar-refractivity contribution in [2.24, 2.45) is 4.99 Å². The first kappa shape index (κ1) is 22.2. The average molecular weight is 400 g/mol. The highest BCUT2D eigenvalue weighted by Gasteiger charge is 2.12. The van der Waals surface area contributed by atoms with Gasteiger partial charge >= 0.3 is 0 Å². The monoisotopic (exact) mass is 400 g/mol. The number of benzene rings is 2. The van der Waals surface area contributed by atoms with Gasteiger partial charge in [-0.1, -0.05) is 30.3 Å². The normalized spacial score (nSPS) is 11.2. The maximum atomic E-state index is 11.1. The predicted molar refractivity (Wildman–Crippen MR) is 113 cm³/mol. The van der Waals surface area contributed by atoms with Crippen LogP contribution in [0.3, 0.4) is 0 Å². The standard InChI is InChI=1S/C21H28N4O4/c1-16-9-10-18(20(13-16)29-12-6-11-28-3)15-24-21(22-2)23-14-17-7-4-5-8-19(17)25(26)27/h4-5,7-10,13H,6,11-12,14-15H2,1-3H3,(H2,22,23,24). The summed E-state index contributed by atoms with van der Waals surface area (Å²) in [5, 5.41) is 17.5. The van der Waals surface area contributed by atoms with Crippen molar-refractivity contribution < 1.29 is 14.4 Å². The fraction of sp³-hybridized carbons (Fsp3) is 0.381. The summed E-state index contributed by atoms with van der Waals surface area (Å²) in [6.07, 6.45) is 0.816. The Morgan fingerprint density at radius 3 is 2.52 bits per heavy atom. The number of nitrogens with zero attached hydrogens (tertiary/aromatic N) is 2. The number of guanidine groups is 1. The third kappa shape index (κ3) is 7.08. The number of ether oxygens (including phenoxy) is 2. The molecule has 0 bridgehead atoms. The lowest BCUT2D eigenvalue weighted by molar-refractivity contribution is -0.385. The summed E-state index contributed by atoms with van der Waals surface area (Å²) in [5.74, 6) is 1.37. The summed E-state index contributed by atoms with van der Waals surface area (Å²) in [5.41, 5.74) is 2.80. The lowest BCUT2D eigenvalue weighted by Gasteiger charge is -2.15. The first-order valence-electron chi connectivity index (χ1n) is 9.43. The SMILES string of the molecule is CN=C(NCc1ccc(C)cc1OCCCOC)NCc1ccccc1[N+](=O)[O-]. The molecule has 2 aromatic rings. The molecule has 156 valence electrons. The molecule has 0 saturated carbocycles. The van der Waals surface area contributed by atoms with Crippen molar-refractivity contribution in [1.29, 1.82) is 0 Å². The van der Waals surface area contributed by atoms with Crippen molar-refractivity contribution in [2.45, 2.75) is 26.4 Å². The number of methoxy groups -OCH3 is 1. The number of para-hydroxylation sites is 1. The molecule has 0 saturated heterocycles. The molecule has 8 heteroatoms. The van der Waals surface area contributed by atoms with Gasteiger partial charge in [-0.15, -0.1) is 0 Å². The van der Waals surface area contributed by atoms with E-state index in [4.69, 9.17) is 9.47 Å². The molecule has 0 atom stereocenters. The van der Waals surface area contributed by atoms with Crippen molar-refractivity contribution >= 4 is 11.6 Å². The Balaban J connectivity index is 1.96. The molecule has 0 fully saturated rings. The number of nitro groups is 1. The Kier molecular flexibility index (Phi) is 8.91. The third-order valence-corrected chi connectivity index (χ3v) is 4.28. The molecule has 0 unspecified atom stereocenters. The van der Waals surface area contributed by atoms with Gasteiger partial charge in [0, 0.05) is 57.5 Å². The highest BCUT2D eigenvalue weighted by atomic mass is 16.6. The van der Waals surface area contributed by atoms with Crippen LogP contribution in [0.1, 0.15) is 23.1 Å². The Labute approximate surface area is 171 Å². The number of nitrogens with one attached hydrogen (secondary N) is 2. The average Bonchev–Trinajstić information content (AvgIpc) is 2.72. The van der Waals surface area contributed by atoms with Gasteiger partial charge in [0.2, 0.25) is 0 Å². The molecule has 0 aliphatic rings. The van der Waals surface area contributed by atoms with Gasteiger partial charge in [-0.3, -0.25) is 15.1 Å². The van der Waals surface area contributed by atoms with Crippen LogP contribution in [0.25, 0.3) is 0 Å². The summed E-state index contributed by atoms with van der Waals surface area (Å²) in [7, 11) is 3.33. The first-order chi connectivity index (χ1) is 14.0. The van der Waals surface area contributed by atoms with E-state index in [0.717, 1.165) is 23.3 Å². The molecule has 2 N–H and O–H groups in total. The zero-order valence-electron chi connectivity index (χ0n) is 17.1. The van der Waals surface area contributed by atoms with Crippen molar-refractivity contribution in [3.05, 3.63) is 69.3 Å². The molecule has 2 aromatic carbocycles. The molecule has 8 nitrogen and oxygen atoms in total. The molecule has 0 radical (unpaired) electrons. The molecule has 29 heavy (non-hydrogen) atoms. The molecule has 0 aromatic heterocycles. The van der Waals surface area contributed by atoms with Gasteiger partial charge in [-0.05, 0) is 18.6 Å². The minimum atomic E-state index is -0.382. The topological polar surface area (TPSA) is 98.0 Å². The van der Waals surface area contributed by atoms with Crippen LogP contribution in [0, 0.1) is 17.0 Å². The number of nitro benzene ring substituents is 1. The van der Waals surface area contributed by atoms with E-state index >= 15 is 0 Å². The largest absolute Gasteiger partial charge is 0.493 e. The Morgan fingerprint density at radius 1 is 1.10 bits per heavy atom. The van der Waals surface area contributed by atoms with Gasteiger partial charge in [0.05, 0.1) is 11.5 Å². The van der Waals surface area contributed by atoms with E-state index in [1.807, 2.05) is 25.1 Å². The highest BCUT2D eigenvalue weighted by Crippen LogP contribution is 2.21. The number of rotatable bonds is 10. The number of hydrogen-bond donors (Lipinski definition) is 2. The van der Waals surface area contributed by atoms with Crippen molar-refractivity contribution in [3.8, 4) is 5.75 Å². The van der Waals surface area contributed by atoms with Crippen molar-refractivity contribution in [1.82, 2.24) is 10.6 Å². The maximum absolute atomic E-state index is 11.1. The molecule has 0 aliphatic carbocycles. The van der Waals surface area contributed by atoms with Crippen LogP contribution in [-0.2, 0) is 17.8 Å². The van der Waals surface area contributed by atoms with Gasteiger partial charge in [-0.2, -0.15) is 0 Å². The van der Waals surface area contributed by atoms with E-state index in [9.17, 15) is 10.1 Å². The van der Waals surface area contributed by atoms with Crippen LogP contribution in [0.2, 0.25) is 0 Å². The van der Waals surface area contributed by atoms with E-state index in [1.165, 1.54) is 6.07 Å². The van der Waals surface area contributed by atoms with Crippen LogP contribution in [-0.4, -0.2) is 38.3 Å². The summed E-state index contributed by atoms with van der Waals surface area (Å²) in [6.45, 7) is 4.06. The first-order valence-corrected chi connectivity index (χ1v) is 9.43. The summed E-state index contributed by atoms with van der Waals surface area (Å²) in [6, 6.07) is 12.7. The van der Waals surface area contributed by atoms with Gasteiger partial charge < -0.3 is 20.1 Å². The third-order valence-electron chi connectivity index (χ3n) is 4.28. The van der Waals surface area contributed by atoms with E-state index in [0.29, 0.717) is 37.8 Å². The van der Waals surface area contributed by atoms with Gasteiger partial charge in [0.25, 0.3) is 5.69 Å². The molecular formula is C21H28N4O4. The van der Waals surface area contributed by atoms with E-state index in [1.54, 1.807) is 32.4 Å². The lowest BCUT2D eigenvalue weighted by atomic mass is 10.1. The highest BCUT2D eigenvalue weighted by molar-refractivity contribution is 5.79. The second-order valence-electron chi connectivity index (χ2n) is 6.47. The molecule has 2 rings (SSSR count). The zero-order valence-corrected chi connectivity index (χ0v) is 17.1. The second-order valence-corrected chi connectivity index (χ2v) is 6.47. The van der Waals surface area contributed by atoms with Gasteiger partial charge in [0.15, 0.2) is 5.96 Å². The summed E-state index contributed by atoms with van der Waals surface area (Å²) >= 11 is 0. The summed E-state index contributed by atoms with van der Waals surface area (Å²) in [4.78, 5) is 15.0. The fourth-order valence-electron chi connectivity index (χ4n) is 2.74. The molecule has 0 spiro atoms. The van der Waals surface area contributed by atoms with Crippen molar-refractivity contribution in [2.75, 3.05) is 27.4 Å². The molecule has 0 amide bonds. The zero-order chi connectivity index (χ0) is 21.1. The van der Waals surface area contributed by atoms with Crippen molar-refractivity contribution in [3.63, 3.8) is 0 Å². The van der Waals surface area contributed by atoms with Crippen LogP contribution in [0.15, 0.2) is 47.5 Å². The lowest BCUT2D eigenvalue weighted by Crippen LogP contribution is -2.36. The quantitative estimate of drug-likeness (QED) is 0.209. The van der Waals surface area contributed by atoms with Gasteiger partial charge in [0.1, 0.15) is 5.75 Å². The van der Waals surface area contributed by atoms with Crippen LogP contribution < -0.4 is 15.4 Å². The fourth-order valence-corrected chi connectivity index (χ4v) is 2.74. The maximum Gasteiger partial charge on any atom is 0.274 e. The Hall–Kier alpha value is -3.13. The van der Waals surface area contributed by atoms with E-state index in [2.05, 4.69) is 15.6 Å². The molecule has 0 heterocycles. The molecule has 0 aliphatic heterocycles. The van der Waals surface area contributed by atoms with Crippen LogP contribution in [0.4, 0.5) is 5.69 Å². The molecular weight excluding hydrogens is 372 g/mol. The minimum Gasteiger partial charge on any atom is -0.493 e. The van der Waals surface area contributed by atoms with Crippen LogP contribution >= 0.6 is 0 Å². The second kappa shape index (κ2) is 11.7. The Bertz CT molecular complexity index is 839. The van der Waals surface area contributed by atoms with E-state index < -0.39 is 0 Å². The predicted octanol–water partition coefficient (Wildman–Crippen LogP) is 3.18. The van der Waals surface area contributed by atoms with Crippen LogP contribution in [0.5, 0.6) is 5.75 Å². The minimum absolute atomic E-state index is 0.0840. The number of aliphatic imine (C=N–C) groups is 1. The number of hydrogen-bond acceptors (Lipinski definition) is 5. The van der Waals surface area contributed by atoms with Gasteiger partial charge in [-0.25, -0.2) is 0 Å². The number of aryl methyl sites for hydroxylation is 1. The Morgan fingerprint density at radius 2 is 1.83 bits per heavy atom.